The maximum Gasteiger partial charge on any atom is 0.154 e. The predicted octanol–water partition coefficient (Wildman–Crippen LogP) is 0.704. The summed E-state index contributed by atoms with van der Waals surface area (Å²) in [5.41, 5.74) is 0. The third-order valence-electron chi connectivity index (χ3n) is 3.01. The Morgan fingerprint density at radius 1 is 1.19 bits per heavy atom. The van der Waals surface area contributed by atoms with E-state index in [1.54, 1.807) is 0 Å². The van der Waals surface area contributed by atoms with Crippen LogP contribution < -0.4 is 5.32 Å². The largest absolute Gasteiger partial charge is 0.390 e. The van der Waals surface area contributed by atoms with Gasteiger partial charge in [-0.3, -0.25) is 0 Å². The van der Waals surface area contributed by atoms with Crippen LogP contribution in [0.2, 0.25) is 0 Å². The molecule has 1 fully saturated rings. The fourth-order valence-corrected chi connectivity index (χ4v) is 3.82. The first-order chi connectivity index (χ1) is 7.55. The molecule has 1 aliphatic heterocycles. The summed E-state index contributed by atoms with van der Waals surface area (Å²) >= 11 is 0. The molecule has 0 spiro atoms. The van der Waals surface area contributed by atoms with Gasteiger partial charge in [-0.25, -0.2) is 8.42 Å². The summed E-state index contributed by atoms with van der Waals surface area (Å²) in [5, 5.41) is 12.7. The van der Waals surface area contributed by atoms with E-state index in [1.807, 2.05) is 0 Å². The molecule has 1 aliphatic rings. The van der Waals surface area contributed by atoms with Crippen LogP contribution in [0.25, 0.3) is 0 Å². The summed E-state index contributed by atoms with van der Waals surface area (Å²) in [6.45, 7) is 2.99. The summed E-state index contributed by atoms with van der Waals surface area (Å²) < 4.78 is 22.5. The first-order valence-corrected chi connectivity index (χ1v) is 7.99. The zero-order valence-corrected chi connectivity index (χ0v) is 10.8. The third kappa shape index (κ3) is 4.80. The maximum absolute atomic E-state index is 11.2. The summed E-state index contributed by atoms with van der Waals surface area (Å²) in [7, 11) is -3.01. The van der Waals surface area contributed by atoms with Gasteiger partial charge < -0.3 is 10.4 Å². The van der Waals surface area contributed by atoms with Gasteiger partial charge in [0.2, 0.25) is 0 Å². The first kappa shape index (κ1) is 13.9. The first-order valence-electron chi connectivity index (χ1n) is 6.17. The van der Waals surface area contributed by atoms with Gasteiger partial charge in [0.25, 0.3) is 0 Å². The van der Waals surface area contributed by atoms with E-state index in [-0.39, 0.29) is 17.5 Å². The number of hydrogen-bond donors (Lipinski definition) is 2. The molecule has 0 aliphatic carbocycles. The summed E-state index contributed by atoms with van der Waals surface area (Å²) in [5.74, 6) is 0.00360. The molecule has 2 atom stereocenters. The fourth-order valence-electron chi connectivity index (χ4n) is 2.04. The lowest BCUT2D eigenvalue weighted by atomic mass is 10.1. The molecular formula is C11H23NO3S. The number of rotatable bonds is 7. The smallest absolute Gasteiger partial charge is 0.154 e. The van der Waals surface area contributed by atoms with Gasteiger partial charge in [-0.15, -0.1) is 0 Å². The van der Waals surface area contributed by atoms with Crippen molar-refractivity contribution in [3.8, 4) is 0 Å². The summed E-state index contributed by atoms with van der Waals surface area (Å²) in [6, 6.07) is -0.254. The van der Waals surface area contributed by atoms with Crippen molar-refractivity contribution in [3.05, 3.63) is 0 Å². The van der Waals surface area contributed by atoms with E-state index in [0.29, 0.717) is 0 Å². The van der Waals surface area contributed by atoms with Crippen molar-refractivity contribution >= 4 is 9.84 Å². The van der Waals surface area contributed by atoms with Crippen LogP contribution in [-0.2, 0) is 9.84 Å². The third-order valence-corrected chi connectivity index (χ3v) is 4.73. The monoisotopic (exact) mass is 249 g/mol. The Morgan fingerprint density at radius 3 is 2.44 bits per heavy atom. The Hall–Kier alpha value is -0.130. The Balaban J connectivity index is 2.10. The molecule has 5 heteroatoms. The SMILES string of the molecule is CCCCCCCN[C@@H]1CS(=O)(=O)C[C@H]1O. The van der Waals surface area contributed by atoms with Crippen molar-refractivity contribution in [2.24, 2.45) is 0 Å². The van der Waals surface area contributed by atoms with Crippen molar-refractivity contribution in [2.45, 2.75) is 51.2 Å². The zero-order valence-electron chi connectivity index (χ0n) is 9.98. The lowest BCUT2D eigenvalue weighted by Gasteiger charge is -2.14. The van der Waals surface area contributed by atoms with Crippen LogP contribution in [0.5, 0.6) is 0 Å². The molecule has 0 aromatic rings. The number of hydrogen-bond acceptors (Lipinski definition) is 4. The Morgan fingerprint density at radius 2 is 1.88 bits per heavy atom. The molecule has 0 unspecified atom stereocenters. The number of nitrogens with one attached hydrogen (secondary N) is 1. The molecule has 1 heterocycles. The highest BCUT2D eigenvalue weighted by Gasteiger charge is 2.35. The Kier molecular flexibility index (Phi) is 5.72. The minimum absolute atomic E-state index is 0.0828. The van der Waals surface area contributed by atoms with Crippen LogP contribution in [0.3, 0.4) is 0 Å². The van der Waals surface area contributed by atoms with Crippen molar-refractivity contribution < 1.29 is 13.5 Å². The molecule has 0 aromatic heterocycles. The van der Waals surface area contributed by atoms with Gasteiger partial charge in [-0.2, -0.15) is 0 Å². The maximum atomic E-state index is 11.2. The summed E-state index contributed by atoms with van der Waals surface area (Å²) in [4.78, 5) is 0. The van der Waals surface area contributed by atoms with Crippen LogP contribution in [0.1, 0.15) is 39.0 Å². The van der Waals surface area contributed by atoms with Crippen LogP contribution in [0.15, 0.2) is 0 Å². The quantitative estimate of drug-likeness (QED) is 0.652. The molecule has 2 N–H and O–H groups in total. The lowest BCUT2D eigenvalue weighted by Crippen LogP contribution is -2.39. The van der Waals surface area contributed by atoms with Crippen LogP contribution in [0.4, 0.5) is 0 Å². The molecular weight excluding hydrogens is 226 g/mol. The average Bonchev–Trinajstić information content (AvgIpc) is 2.45. The molecule has 0 aromatic carbocycles. The topological polar surface area (TPSA) is 66.4 Å². The normalized spacial score (nSPS) is 28.4. The molecule has 96 valence electrons. The van der Waals surface area contributed by atoms with E-state index in [1.165, 1.54) is 25.7 Å². The molecule has 0 amide bonds. The van der Waals surface area contributed by atoms with Gasteiger partial charge in [0.15, 0.2) is 9.84 Å². The second kappa shape index (κ2) is 6.57. The highest BCUT2D eigenvalue weighted by molar-refractivity contribution is 7.91. The molecule has 1 rings (SSSR count). The summed E-state index contributed by atoms with van der Waals surface area (Å²) in [6.07, 6.45) is 5.25. The molecule has 4 nitrogen and oxygen atoms in total. The fraction of sp³-hybridized carbons (Fsp3) is 1.00. The van der Waals surface area contributed by atoms with Gasteiger partial charge in [0.05, 0.1) is 17.6 Å². The van der Waals surface area contributed by atoms with Gasteiger partial charge >= 0.3 is 0 Å². The predicted molar refractivity (Wildman–Crippen MR) is 65.2 cm³/mol. The Labute approximate surface area is 98.4 Å². The number of unbranched alkanes of at least 4 members (excludes halogenated alkanes) is 4. The van der Waals surface area contributed by atoms with E-state index in [2.05, 4.69) is 12.2 Å². The van der Waals surface area contributed by atoms with Crippen LogP contribution in [-0.4, -0.2) is 43.7 Å². The molecule has 0 bridgehead atoms. The number of aliphatic hydroxyl groups is 1. The second-order valence-corrected chi connectivity index (χ2v) is 6.77. The van der Waals surface area contributed by atoms with Crippen LogP contribution >= 0.6 is 0 Å². The van der Waals surface area contributed by atoms with Crippen molar-refractivity contribution in [2.75, 3.05) is 18.1 Å². The Bertz CT molecular complexity index is 290. The van der Waals surface area contributed by atoms with Gasteiger partial charge in [-0.1, -0.05) is 32.6 Å². The number of aliphatic hydroxyl groups excluding tert-OH is 1. The van der Waals surface area contributed by atoms with E-state index in [4.69, 9.17) is 0 Å². The lowest BCUT2D eigenvalue weighted by molar-refractivity contribution is 0.166. The van der Waals surface area contributed by atoms with Gasteiger partial charge in [0, 0.05) is 6.04 Å². The number of sulfone groups is 1. The van der Waals surface area contributed by atoms with E-state index >= 15 is 0 Å². The van der Waals surface area contributed by atoms with Crippen molar-refractivity contribution in [1.29, 1.82) is 0 Å². The average molecular weight is 249 g/mol. The highest BCUT2D eigenvalue weighted by Crippen LogP contribution is 2.12. The minimum Gasteiger partial charge on any atom is -0.390 e. The minimum atomic E-state index is -3.01. The van der Waals surface area contributed by atoms with Crippen molar-refractivity contribution in [1.82, 2.24) is 5.32 Å². The van der Waals surface area contributed by atoms with Crippen molar-refractivity contribution in [3.63, 3.8) is 0 Å². The second-order valence-electron chi connectivity index (χ2n) is 4.62. The molecule has 0 radical (unpaired) electrons. The molecule has 16 heavy (non-hydrogen) atoms. The van der Waals surface area contributed by atoms with Gasteiger partial charge in [-0.05, 0) is 13.0 Å². The highest BCUT2D eigenvalue weighted by atomic mass is 32.2. The molecule has 1 saturated heterocycles. The van der Waals surface area contributed by atoms with E-state index in [9.17, 15) is 13.5 Å². The molecule has 0 saturated carbocycles. The standard InChI is InChI=1S/C11H23NO3S/c1-2-3-4-5-6-7-12-10-8-16(14,15)9-11(10)13/h10-13H,2-9H2,1H3/t10-,11-/m1/s1. The zero-order chi connectivity index (χ0) is 12.0. The van der Waals surface area contributed by atoms with Gasteiger partial charge in [0.1, 0.15) is 0 Å². The van der Waals surface area contributed by atoms with Crippen LogP contribution in [0, 0.1) is 0 Å². The van der Waals surface area contributed by atoms with E-state index < -0.39 is 15.9 Å². The van der Waals surface area contributed by atoms with E-state index in [0.717, 1.165) is 13.0 Å².